The van der Waals surface area contributed by atoms with Gasteiger partial charge in [-0.2, -0.15) is 0 Å². The molecule has 1 fully saturated rings. The molecule has 1 aromatic carbocycles. The molecule has 0 aromatic heterocycles. The van der Waals surface area contributed by atoms with Crippen LogP contribution in [0.25, 0.3) is 0 Å². The highest BCUT2D eigenvalue weighted by Gasteiger charge is 2.26. The zero-order valence-electron chi connectivity index (χ0n) is 9.49. The van der Waals surface area contributed by atoms with Crippen molar-refractivity contribution in [2.75, 3.05) is 0 Å². The van der Waals surface area contributed by atoms with Gasteiger partial charge in [0.05, 0.1) is 6.10 Å². The second-order valence-corrected chi connectivity index (χ2v) is 4.51. The molecule has 3 heteroatoms. The summed E-state index contributed by atoms with van der Waals surface area (Å²) in [5, 5.41) is 13.0. The molecule has 0 bridgehead atoms. The van der Waals surface area contributed by atoms with Crippen LogP contribution >= 0.6 is 0 Å². The summed E-state index contributed by atoms with van der Waals surface area (Å²) >= 11 is 0. The average molecular weight is 223 g/mol. The first-order valence-electron chi connectivity index (χ1n) is 5.87. The van der Waals surface area contributed by atoms with Gasteiger partial charge in [-0.3, -0.25) is 0 Å². The van der Waals surface area contributed by atoms with E-state index in [1.807, 2.05) is 13.0 Å². The van der Waals surface area contributed by atoms with Crippen LogP contribution in [0.5, 0.6) is 0 Å². The highest BCUT2D eigenvalue weighted by molar-refractivity contribution is 5.20. The molecule has 1 aromatic rings. The van der Waals surface area contributed by atoms with Crippen molar-refractivity contribution in [3.63, 3.8) is 0 Å². The molecule has 1 aliphatic carbocycles. The molecule has 0 amide bonds. The topological polar surface area (TPSA) is 32.3 Å². The summed E-state index contributed by atoms with van der Waals surface area (Å²) in [5.41, 5.74) is 0.668. The first kappa shape index (κ1) is 11.6. The Labute approximate surface area is 95.5 Å². The van der Waals surface area contributed by atoms with Crippen LogP contribution in [-0.2, 0) is 0 Å². The van der Waals surface area contributed by atoms with Crippen molar-refractivity contribution in [3.05, 3.63) is 35.6 Å². The van der Waals surface area contributed by atoms with Crippen LogP contribution in [0.1, 0.15) is 37.8 Å². The Balaban J connectivity index is 2.03. The van der Waals surface area contributed by atoms with Crippen LogP contribution in [0.4, 0.5) is 4.39 Å². The summed E-state index contributed by atoms with van der Waals surface area (Å²) in [7, 11) is 0. The lowest BCUT2D eigenvalue weighted by molar-refractivity contribution is 0.143. The fraction of sp³-hybridized carbons (Fsp3) is 0.538. The summed E-state index contributed by atoms with van der Waals surface area (Å²) in [6, 6.07) is 6.83. The van der Waals surface area contributed by atoms with Crippen LogP contribution in [0.2, 0.25) is 0 Å². The van der Waals surface area contributed by atoms with E-state index in [1.54, 1.807) is 12.1 Å². The Bertz CT molecular complexity index is 356. The van der Waals surface area contributed by atoms with E-state index >= 15 is 0 Å². The van der Waals surface area contributed by atoms with Gasteiger partial charge in [0.15, 0.2) is 0 Å². The maximum absolute atomic E-state index is 13.5. The zero-order chi connectivity index (χ0) is 11.5. The van der Waals surface area contributed by atoms with Crippen molar-refractivity contribution in [1.29, 1.82) is 0 Å². The first-order valence-corrected chi connectivity index (χ1v) is 5.87. The molecule has 1 saturated carbocycles. The number of halogens is 1. The maximum atomic E-state index is 13.5. The fourth-order valence-corrected chi connectivity index (χ4v) is 2.37. The van der Waals surface area contributed by atoms with Crippen LogP contribution in [-0.4, -0.2) is 17.3 Å². The molecule has 3 atom stereocenters. The van der Waals surface area contributed by atoms with Crippen LogP contribution in [0, 0.1) is 5.82 Å². The van der Waals surface area contributed by atoms with Gasteiger partial charge >= 0.3 is 0 Å². The minimum atomic E-state index is -0.283. The summed E-state index contributed by atoms with van der Waals surface area (Å²) in [6.07, 6.45) is 2.58. The molecule has 2 nitrogen and oxygen atoms in total. The minimum absolute atomic E-state index is 0.0565. The summed E-state index contributed by atoms with van der Waals surface area (Å²) in [6.45, 7) is 1.93. The molecule has 0 heterocycles. The molecule has 2 rings (SSSR count). The van der Waals surface area contributed by atoms with Gasteiger partial charge in [0, 0.05) is 17.6 Å². The van der Waals surface area contributed by atoms with Crippen molar-refractivity contribution in [1.82, 2.24) is 5.32 Å². The smallest absolute Gasteiger partial charge is 0.127 e. The highest BCUT2D eigenvalue weighted by Crippen LogP contribution is 2.23. The molecule has 1 aliphatic rings. The van der Waals surface area contributed by atoms with Gasteiger partial charge in [0.1, 0.15) is 5.82 Å². The number of hydrogen-bond acceptors (Lipinski definition) is 2. The third-order valence-electron chi connectivity index (χ3n) is 3.32. The summed E-state index contributed by atoms with van der Waals surface area (Å²) < 4.78 is 13.5. The number of nitrogens with one attached hydrogen (secondary N) is 1. The largest absolute Gasteiger partial charge is 0.392 e. The third kappa shape index (κ3) is 2.42. The van der Waals surface area contributed by atoms with E-state index in [0.717, 1.165) is 19.3 Å². The number of benzene rings is 1. The van der Waals surface area contributed by atoms with E-state index in [2.05, 4.69) is 5.32 Å². The Kier molecular flexibility index (Phi) is 3.56. The molecular weight excluding hydrogens is 205 g/mol. The molecule has 2 N–H and O–H groups in total. The summed E-state index contributed by atoms with van der Waals surface area (Å²) in [4.78, 5) is 0. The fourth-order valence-electron chi connectivity index (χ4n) is 2.37. The zero-order valence-corrected chi connectivity index (χ0v) is 9.49. The van der Waals surface area contributed by atoms with Crippen molar-refractivity contribution < 1.29 is 9.50 Å². The van der Waals surface area contributed by atoms with E-state index in [9.17, 15) is 9.50 Å². The first-order chi connectivity index (χ1) is 7.68. The van der Waals surface area contributed by atoms with Crippen molar-refractivity contribution in [3.8, 4) is 0 Å². The van der Waals surface area contributed by atoms with Crippen molar-refractivity contribution in [2.45, 2.75) is 44.4 Å². The van der Waals surface area contributed by atoms with Crippen molar-refractivity contribution in [2.24, 2.45) is 0 Å². The predicted molar refractivity (Wildman–Crippen MR) is 61.6 cm³/mol. The van der Waals surface area contributed by atoms with Gasteiger partial charge in [-0.05, 0) is 32.3 Å². The molecule has 0 spiro atoms. The molecule has 0 radical (unpaired) electrons. The Morgan fingerprint density at radius 2 is 2.12 bits per heavy atom. The summed E-state index contributed by atoms with van der Waals surface area (Å²) in [5.74, 6) is -0.185. The third-order valence-corrected chi connectivity index (χ3v) is 3.32. The SMILES string of the molecule is C[C@@H](N[C@@H]1CCC[C@H]1O)c1ccccc1F. The molecule has 0 saturated heterocycles. The normalized spacial score (nSPS) is 26.9. The molecule has 0 aliphatic heterocycles. The van der Waals surface area contributed by atoms with E-state index in [1.165, 1.54) is 6.07 Å². The average Bonchev–Trinajstić information content (AvgIpc) is 2.65. The standard InChI is InChI=1S/C13H18FNO/c1-9(10-5-2-3-6-11(10)14)15-12-7-4-8-13(12)16/h2-3,5-6,9,12-13,15-16H,4,7-8H2,1H3/t9-,12-,13-/m1/s1. The second kappa shape index (κ2) is 4.93. The number of aliphatic hydroxyl groups excluding tert-OH is 1. The van der Waals surface area contributed by atoms with Gasteiger partial charge in [0.2, 0.25) is 0 Å². The quantitative estimate of drug-likeness (QED) is 0.824. The van der Waals surface area contributed by atoms with Gasteiger partial charge in [-0.25, -0.2) is 4.39 Å². The predicted octanol–water partition coefficient (Wildman–Crippen LogP) is 2.39. The van der Waals surface area contributed by atoms with E-state index in [-0.39, 0.29) is 24.0 Å². The second-order valence-electron chi connectivity index (χ2n) is 4.51. The Hall–Kier alpha value is -0.930. The lowest BCUT2D eigenvalue weighted by Crippen LogP contribution is -2.37. The van der Waals surface area contributed by atoms with Crippen LogP contribution < -0.4 is 5.32 Å². The van der Waals surface area contributed by atoms with Crippen LogP contribution in [0.3, 0.4) is 0 Å². The number of hydrogen-bond donors (Lipinski definition) is 2. The lowest BCUT2D eigenvalue weighted by atomic mass is 10.1. The van der Waals surface area contributed by atoms with Crippen LogP contribution in [0.15, 0.2) is 24.3 Å². The van der Waals surface area contributed by atoms with E-state index in [0.29, 0.717) is 5.56 Å². The minimum Gasteiger partial charge on any atom is -0.392 e. The lowest BCUT2D eigenvalue weighted by Gasteiger charge is -2.22. The molecular formula is C13H18FNO. The number of aliphatic hydroxyl groups is 1. The molecule has 16 heavy (non-hydrogen) atoms. The van der Waals surface area contributed by atoms with Gasteiger partial charge < -0.3 is 10.4 Å². The van der Waals surface area contributed by atoms with Gasteiger partial charge in [0.25, 0.3) is 0 Å². The van der Waals surface area contributed by atoms with Gasteiger partial charge in [-0.1, -0.05) is 18.2 Å². The molecule has 0 unspecified atom stereocenters. The maximum Gasteiger partial charge on any atom is 0.127 e. The van der Waals surface area contributed by atoms with Crippen molar-refractivity contribution >= 4 is 0 Å². The Morgan fingerprint density at radius 3 is 2.75 bits per heavy atom. The Morgan fingerprint density at radius 1 is 1.38 bits per heavy atom. The van der Waals surface area contributed by atoms with Gasteiger partial charge in [-0.15, -0.1) is 0 Å². The van der Waals surface area contributed by atoms with E-state index in [4.69, 9.17) is 0 Å². The monoisotopic (exact) mass is 223 g/mol. The number of rotatable bonds is 3. The van der Waals surface area contributed by atoms with E-state index < -0.39 is 0 Å². The molecule has 88 valence electrons. The highest BCUT2D eigenvalue weighted by atomic mass is 19.1.